The molecule has 1 aromatic heterocycles. The molecule has 1 aliphatic carbocycles. The van der Waals surface area contributed by atoms with Crippen molar-refractivity contribution in [3.05, 3.63) is 63.1 Å². The highest BCUT2D eigenvalue weighted by Gasteiger charge is 2.25. The van der Waals surface area contributed by atoms with E-state index in [-0.39, 0.29) is 12.4 Å². The summed E-state index contributed by atoms with van der Waals surface area (Å²) in [5.41, 5.74) is 3.86. The maximum Gasteiger partial charge on any atom is 0.188 e. The van der Waals surface area contributed by atoms with E-state index < -0.39 is 5.82 Å². The summed E-state index contributed by atoms with van der Waals surface area (Å²) in [5, 5.41) is 0. The lowest BCUT2D eigenvalue weighted by Crippen LogP contribution is -2.44. The number of Topliss-reactive ketones (excluding diaryl/α,β-unsaturated/α-hetero) is 1. The predicted octanol–water partition coefficient (Wildman–Crippen LogP) is 5.08. The summed E-state index contributed by atoms with van der Waals surface area (Å²) in [7, 11) is 2.16. The largest absolute Gasteiger partial charge is 0.373 e. The zero-order chi connectivity index (χ0) is 25.9. The van der Waals surface area contributed by atoms with Gasteiger partial charge in [-0.3, -0.25) is 4.79 Å². The summed E-state index contributed by atoms with van der Waals surface area (Å²) in [6.07, 6.45) is 5.32. The molecule has 0 spiro atoms. The summed E-state index contributed by atoms with van der Waals surface area (Å²) in [4.78, 5) is 22.6. The van der Waals surface area contributed by atoms with Crippen LogP contribution in [0.4, 0.5) is 4.39 Å². The number of halogens is 2. The van der Waals surface area contributed by atoms with Gasteiger partial charge in [-0.2, -0.15) is 0 Å². The smallest absolute Gasteiger partial charge is 0.188 e. The van der Waals surface area contributed by atoms with E-state index in [1.807, 2.05) is 35.8 Å². The van der Waals surface area contributed by atoms with Gasteiger partial charge in [0.2, 0.25) is 0 Å². The third-order valence-electron chi connectivity index (χ3n) is 7.68. The van der Waals surface area contributed by atoms with Gasteiger partial charge in [-0.15, -0.1) is 0 Å². The number of rotatable bonds is 11. The van der Waals surface area contributed by atoms with E-state index in [0.717, 1.165) is 74.1 Å². The van der Waals surface area contributed by atoms with Gasteiger partial charge in [-0.25, -0.2) is 9.37 Å². The Morgan fingerprint density at radius 3 is 2.68 bits per heavy atom. The Morgan fingerprint density at radius 1 is 1.16 bits per heavy atom. The molecule has 0 unspecified atom stereocenters. The average molecular weight is 572 g/mol. The van der Waals surface area contributed by atoms with Crippen LogP contribution in [-0.4, -0.2) is 78.1 Å². The number of hydrogen-bond donors (Lipinski definition) is 0. The number of aryl methyl sites for hydroxylation is 2. The van der Waals surface area contributed by atoms with Crippen molar-refractivity contribution >= 4 is 32.7 Å². The topological polar surface area (TPSA) is 50.6 Å². The van der Waals surface area contributed by atoms with Crippen molar-refractivity contribution in [2.45, 2.75) is 39.2 Å². The maximum atomic E-state index is 16.0. The second-order valence-electron chi connectivity index (χ2n) is 10.7. The zero-order valence-corrected chi connectivity index (χ0v) is 23.4. The Labute approximate surface area is 226 Å². The van der Waals surface area contributed by atoms with Crippen LogP contribution < -0.4 is 0 Å². The highest BCUT2D eigenvalue weighted by atomic mass is 79.9. The van der Waals surface area contributed by atoms with E-state index in [1.165, 1.54) is 0 Å². The lowest BCUT2D eigenvalue weighted by Gasteiger charge is -2.32. The fraction of sp³-hybridized carbons (Fsp3) is 0.517. The second-order valence-corrected chi connectivity index (χ2v) is 11.6. The van der Waals surface area contributed by atoms with Crippen LogP contribution in [0.1, 0.15) is 46.3 Å². The van der Waals surface area contributed by atoms with Crippen LogP contribution in [0, 0.1) is 18.7 Å². The van der Waals surface area contributed by atoms with E-state index in [2.05, 4.69) is 37.8 Å². The number of aromatic nitrogens is 2. The molecule has 0 amide bonds. The monoisotopic (exact) mass is 570 g/mol. The number of ketones is 1. The molecule has 2 aromatic carbocycles. The molecule has 1 saturated heterocycles. The van der Waals surface area contributed by atoms with Crippen LogP contribution in [0.25, 0.3) is 11.0 Å². The summed E-state index contributed by atoms with van der Waals surface area (Å²) in [6, 6.07) is 7.79. The minimum atomic E-state index is -0.400. The molecule has 198 valence electrons. The number of piperazine rings is 1. The van der Waals surface area contributed by atoms with E-state index in [9.17, 15) is 4.79 Å². The van der Waals surface area contributed by atoms with E-state index in [4.69, 9.17) is 4.74 Å². The van der Waals surface area contributed by atoms with Crippen molar-refractivity contribution in [1.29, 1.82) is 0 Å². The lowest BCUT2D eigenvalue weighted by molar-refractivity contribution is 0.0738. The minimum Gasteiger partial charge on any atom is -0.373 e. The lowest BCUT2D eigenvalue weighted by atomic mass is 9.94. The highest BCUT2D eigenvalue weighted by Crippen LogP contribution is 2.30. The van der Waals surface area contributed by atoms with Crippen LogP contribution in [0.15, 0.2) is 35.1 Å². The highest BCUT2D eigenvalue weighted by molar-refractivity contribution is 9.10. The Bertz CT molecular complexity index is 1260. The van der Waals surface area contributed by atoms with Gasteiger partial charge in [-0.05, 0) is 75.0 Å². The Morgan fingerprint density at radius 2 is 1.95 bits per heavy atom. The van der Waals surface area contributed by atoms with Crippen LogP contribution in [-0.2, 0) is 17.7 Å². The van der Waals surface area contributed by atoms with Crippen molar-refractivity contribution in [2.24, 2.45) is 5.92 Å². The molecule has 0 N–H and O–H groups in total. The van der Waals surface area contributed by atoms with Crippen LogP contribution in [0.2, 0.25) is 0 Å². The van der Waals surface area contributed by atoms with Gasteiger partial charge in [0.25, 0.3) is 0 Å². The molecular weight excluding hydrogens is 535 g/mol. The van der Waals surface area contributed by atoms with Gasteiger partial charge >= 0.3 is 0 Å². The van der Waals surface area contributed by atoms with E-state index in [1.54, 1.807) is 6.33 Å². The Balaban J connectivity index is 1.40. The molecule has 6 nitrogen and oxygen atoms in total. The summed E-state index contributed by atoms with van der Waals surface area (Å²) >= 11 is 3.50. The molecule has 5 rings (SSSR count). The summed E-state index contributed by atoms with van der Waals surface area (Å²) < 4.78 is 24.7. The van der Waals surface area contributed by atoms with E-state index >= 15 is 4.39 Å². The normalized spacial score (nSPS) is 17.1. The standard InChI is InChI=1S/C29H36BrFN4O2/c1-20-14-23(30)7-6-22(20)15-25-24(27(36)18-37-17-21-4-5-21)16-26-29(28(25)31)32-19-35(26)9-3-8-34-12-10-33(2)11-13-34/h6-7,14,16,19,21H,3-5,8-13,15,17-18H2,1-2H3. The predicted molar refractivity (Wildman–Crippen MR) is 148 cm³/mol. The number of imidazole rings is 1. The van der Waals surface area contributed by atoms with Gasteiger partial charge in [-0.1, -0.05) is 22.0 Å². The molecule has 1 aliphatic heterocycles. The minimum absolute atomic E-state index is 0.0225. The number of benzene rings is 2. The number of carbonyl (C=O) groups excluding carboxylic acids is 1. The first kappa shape index (κ1) is 26.5. The van der Waals surface area contributed by atoms with Gasteiger partial charge < -0.3 is 19.1 Å². The van der Waals surface area contributed by atoms with Crippen LogP contribution >= 0.6 is 15.9 Å². The third kappa shape index (κ3) is 6.48. The van der Waals surface area contributed by atoms with Gasteiger partial charge in [0.1, 0.15) is 12.1 Å². The number of likely N-dealkylation sites (N-methyl/N-ethyl adjacent to an activating group) is 1. The van der Waals surface area contributed by atoms with Gasteiger partial charge in [0, 0.05) is 54.7 Å². The molecule has 2 aliphatic rings. The van der Waals surface area contributed by atoms with Crippen molar-refractivity contribution in [1.82, 2.24) is 19.4 Å². The fourth-order valence-electron chi connectivity index (χ4n) is 5.06. The summed E-state index contributed by atoms with van der Waals surface area (Å²) in [6.45, 7) is 8.65. The van der Waals surface area contributed by atoms with E-state index in [0.29, 0.717) is 41.1 Å². The number of ether oxygens (including phenoxy) is 1. The zero-order valence-electron chi connectivity index (χ0n) is 21.8. The van der Waals surface area contributed by atoms with Crippen molar-refractivity contribution < 1.29 is 13.9 Å². The molecule has 2 heterocycles. The number of fused-ring (bicyclic) bond motifs is 1. The molecule has 0 atom stereocenters. The van der Waals surface area contributed by atoms with Crippen molar-refractivity contribution in [3.8, 4) is 0 Å². The Hall–Kier alpha value is -2.13. The van der Waals surface area contributed by atoms with Crippen molar-refractivity contribution in [3.63, 3.8) is 0 Å². The van der Waals surface area contributed by atoms with Gasteiger partial charge in [0.15, 0.2) is 11.6 Å². The third-order valence-corrected chi connectivity index (χ3v) is 8.18. The van der Waals surface area contributed by atoms with Crippen LogP contribution in [0.5, 0.6) is 0 Å². The quantitative estimate of drug-likeness (QED) is 0.301. The van der Waals surface area contributed by atoms with Crippen molar-refractivity contribution in [2.75, 3.05) is 53.0 Å². The molecule has 37 heavy (non-hydrogen) atoms. The molecule has 3 aromatic rings. The first-order valence-corrected chi connectivity index (χ1v) is 14.1. The molecule has 1 saturated carbocycles. The number of nitrogens with zero attached hydrogens (tertiary/aromatic N) is 4. The number of carbonyl (C=O) groups is 1. The molecule has 2 fully saturated rings. The maximum absolute atomic E-state index is 16.0. The SMILES string of the molecule is Cc1cc(Br)ccc1Cc1c(C(=O)COCC2CC2)cc2c(ncn2CCCN2CCN(C)CC2)c1F. The molecule has 8 heteroatoms. The van der Waals surface area contributed by atoms with Gasteiger partial charge in [0.05, 0.1) is 18.5 Å². The fourth-order valence-corrected chi connectivity index (χ4v) is 5.54. The molecule has 0 radical (unpaired) electrons. The first-order valence-electron chi connectivity index (χ1n) is 13.3. The van der Waals surface area contributed by atoms with Crippen LogP contribution in [0.3, 0.4) is 0 Å². The first-order chi connectivity index (χ1) is 17.9. The average Bonchev–Trinajstić information content (AvgIpc) is 3.61. The number of hydrogen-bond acceptors (Lipinski definition) is 5. The molecular formula is C29H36BrFN4O2. The molecule has 0 bridgehead atoms. The Kier molecular flexibility index (Phi) is 8.39. The second kappa shape index (κ2) is 11.7. The summed E-state index contributed by atoms with van der Waals surface area (Å²) in [5.74, 6) is -0.00165.